The summed E-state index contributed by atoms with van der Waals surface area (Å²) in [5, 5.41) is 0. The average Bonchev–Trinajstić information content (AvgIpc) is 3.10. The van der Waals surface area contributed by atoms with Crippen molar-refractivity contribution < 1.29 is 9.18 Å². The van der Waals surface area contributed by atoms with E-state index < -0.39 is 0 Å². The van der Waals surface area contributed by atoms with Gasteiger partial charge in [-0.2, -0.15) is 0 Å². The molecule has 28 heavy (non-hydrogen) atoms. The molecule has 2 heterocycles. The van der Waals surface area contributed by atoms with E-state index in [1.807, 2.05) is 29.2 Å². The standard InChI is InChI=1S/C23H28FN3O/c24-20-10-4-6-17(12-20)13-26-11-5-9-19(14-26)23(28)27-15-21(22(25)16-27)18-7-2-1-3-8-18/h1-4,6-8,10,12,19,21-22H,5,9,11,13-16,25H2/t19?,21-,22+/m0/s1. The first-order chi connectivity index (χ1) is 13.6. The van der Waals surface area contributed by atoms with Crippen molar-refractivity contribution in [1.29, 1.82) is 0 Å². The maximum atomic E-state index is 13.5. The van der Waals surface area contributed by atoms with Gasteiger partial charge in [-0.3, -0.25) is 9.69 Å². The number of piperidine rings is 1. The predicted molar refractivity (Wildman–Crippen MR) is 108 cm³/mol. The summed E-state index contributed by atoms with van der Waals surface area (Å²) in [6.45, 7) is 3.69. The van der Waals surface area contributed by atoms with E-state index in [4.69, 9.17) is 5.73 Å². The lowest BCUT2D eigenvalue weighted by Crippen LogP contribution is -2.44. The predicted octanol–water partition coefficient (Wildman–Crippen LogP) is 2.99. The molecular weight excluding hydrogens is 353 g/mol. The number of hydrogen-bond donors (Lipinski definition) is 1. The summed E-state index contributed by atoms with van der Waals surface area (Å²) in [5.41, 5.74) is 8.54. The Kier molecular flexibility index (Phi) is 5.74. The van der Waals surface area contributed by atoms with Gasteiger partial charge in [0.1, 0.15) is 5.82 Å². The molecule has 0 saturated carbocycles. The molecule has 5 heteroatoms. The normalized spacial score (nSPS) is 25.8. The van der Waals surface area contributed by atoms with Crippen LogP contribution in [0.5, 0.6) is 0 Å². The third-order valence-corrected chi connectivity index (χ3v) is 6.05. The van der Waals surface area contributed by atoms with Crippen LogP contribution in [0.4, 0.5) is 4.39 Å². The first kappa shape index (κ1) is 19.1. The lowest BCUT2D eigenvalue weighted by molar-refractivity contribution is -0.136. The molecule has 4 nitrogen and oxygen atoms in total. The lowest BCUT2D eigenvalue weighted by Gasteiger charge is -2.34. The molecule has 0 radical (unpaired) electrons. The van der Waals surface area contributed by atoms with Crippen LogP contribution < -0.4 is 5.73 Å². The minimum Gasteiger partial charge on any atom is -0.340 e. The van der Waals surface area contributed by atoms with Gasteiger partial charge in [-0.1, -0.05) is 42.5 Å². The zero-order valence-corrected chi connectivity index (χ0v) is 16.1. The number of rotatable bonds is 4. The van der Waals surface area contributed by atoms with Gasteiger partial charge >= 0.3 is 0 Å². The van der Waals surface area contributed by atoms with Gasteiger partial charge in [0.05, 0.1) is 5.92 Å². The van der Waals surface area contributed by atoms with Crippen molar-refractivity contribution in [2.45, 2.75) is 31.3 Å². The molecular formula is C23H28FN3O. The molecule has 0 spiro atoms. The molecule has 0 aliphatic carbocycles. The quantitative estimate of drug-likeness (QED) is 0.886. The summed E-state index contributed by atoms with van der Waals surface area (Å²) in [6, 6.07) is 17.0. The maximum absolute atomic E-state index is 13.5. The zero-order valence-electron chi connectivity index (χ0n) is 16.1. The highest BCUT2D eigenvalue weighted by Crippen LogP contribution is 2.29. The first-order valence-corrected chi connectivity index (χ1v) is 10.2. The third kappa shape index (κ3) is 4.26. The number of amides is 1. The second-order valence-electron chi connectivity index (χ2n) is 8.13. The van der Waals surface area contributed by atoms with Crippen molar-refractivity contribution in [3.05, 3.63) is 71.5 Å². The number of likely N-dealkylation sites (tertiary alicyclic amines) is 2. The monoisotopic (exact) mass is 381 g/mol. The Morgan fingerprint density at radius 2 is 1.89 bits per heavy atom. The third-order valence-electron chi connectivity index (χ3n) is 6.05. The van der Waals surface area contributed by atoms with Gasteiger partial charge in [0.15, 0.2) is 0 Å². The molecule has 2 aliphatic heterocycles. The van der Waals surface area contributed by atoms with E-state index in [2.05, 4.69) is 17.0 Å². The largest absolute Gasteiger partial charge is 0.340 e. The zero-order chi connectivity index (χ0) is 19.5. The second kappa shape index (κ2) is 8.41. The highest BCUT2D eigenvalue weighted by molar-refractivity contribution is 5.79. The van der Waals surface area contributed by atoms with E-state index in [0.29, 0.717) is 19.6 Å². The van der Waals surface area contributed by atoms with Gasteiger partial charge in [0.25, 0.3) is 0 Å². The van der Waals surface area contributed by atoms with E-state index in [1.54, 1.807) is 12.1 Å². The van der Waals surface area contributed by atoms with Gasteiger partial charge in [-0.05, 0) is 42.6 Å². The highest BCUT2D eigenvalue weighted by atomic mass is 19.1. The number of carbonyl (C=O) groups excluding carboxylic acids is 1. The molecule has 4 rings (SSSR count). The summed E-state index contributed by atoms with van der Waals surface area (Å²) in [7, 11) is 0. The minimum atomic E-state index is -0.208. The first-order valence-electron chi connectivity index (χ1n) is 10.2. The Morgan fingerprint density at radius 1 is 1.07 bits per heavy atom. The molecule has 2 N–H and O–H groups in total. The molecule has 148 valence electrons. The Balaban J connectivity index is 1.38. The Bertz CT molecular complexity index is 813. The fourth-order valence-corrected chi connectivity index (χ4v) is 4.61. The smallest absolute Gasteiger partial charge is 0.227 e. The van der Waals surface area contributed by atoms with Crippen molar-refractivity contribution in [3.63, 3.8) is 0 Å². The van der Waals surface area contributed by atoms with Gasteiger partial charge in [-0.15, -0.1) is 0 Å². The summed E-state index contributed by atoms with van der Waals surface area (Å²) in [4.78, 5) is 17.4. The average molecular weight is 381 g/mol. The minimum absolute atomic E-state index is 0.00373. The molecule has 2 fully saturated rings. The Labute approximate surface area is 166 Å². The number of nitrogens with two attached hydrogens (primary N) is 1. The molecule has 0 bridgehead atoms. The number of nitrogens with zero attached hydrogens (tertiary/aromatic N) is 2. The fourth-order valence-electron chi connectivity index (χ4n) is 4.61. The number of carbonyl (C=O) groups is 1. The van der Waals surface area contributed by atoms with Crippen LogP contribution in [0.2, 0.25) is 0 Å². The van der Waals surface area contributed by atoms with Crippen molar-refractivity contribution in [2.24, 2.45) is 11.7 Å². The topological polar surface area (TPSA) is 49.6 Å². The number of benzene rings is 2. The molecule has 1 unspecified atom stereocenters. The lowest BCUT2D eigenvalue weighted by atomic mass is 9.95. The second-order valence-corrected chi connectivity index (χ2v) is 8.13. The Morgan fingerprint density at radius 3 is 2.68 bits per heavy atom. The van der Waals surface area contributed by atoms with Crippen LogP contribution in [0, 0.1) is 11.7 Å². The van der Waals surface area contributed by atoms with Gasteiger partial charge < -0.3 is 10.6 Å². The van der Waals surface area contributed by atoms with Crippen LogP contribution in [0.1, 0.15) is 29.9 Å². The van der Waals surface area contributed by atoms with Crippen LogP contribution >= 0.6 is 0 Å². The van der Waals surface area contributed by atoms with Crippen LogP contribution in [0.15, 0.2) is 54.6 Å². The summed E-state index contributed by atoms with van der Waals surface area (Å²) in [5.74, 6) is 0.221. The van der Waals surface area contributed by atoms with E-state index in [0.717, 1.165) is 31.5 Å². The fraction of sp³-hybridized carbons (Fsp3) is 0.435. The van der Waals surface area contributed by atoms with Crippen molar-refractivity contribution in [1.82, 2.24) is 9.80 Å². The van der Waals surface area contributed by atoms with E-state index in [9.17, 15) is 9.18 Å². The number of hydrogen-bond acceptors (Lipinski definition) is 3. The Hall–Kier alpha value is -2.24. The maximum Gasteiger partial charge on any atom is 0.227 e. The summed E-state index contributed by atoms with van der Waals surface area (Å²) >= 11 is 0. The van der Waals surface area contributed by atoms with Crippen molar-refractivity contribution >= 4 is 5.91 Å². The van der Waals surface area contributed by atoms with E-state index in [-0.39, 0.29) is 29.6 Å². The summed E-state index contributed by atoms with van der Waals surface area (Å²) < 4.78 is 13.5. The van der Waals surface area contributed by atoms with Crippen molar-refractivity contribution in [2.75, 3.05) is 26.2 Å². The molecule has 2 aliphatic rings. The molecule has 1 amide bonds. The van der Waals surface area contributed by atoms with Crippen LogP contribution in [-0.4, -0.2) is 47.9 Å². The van der Waals surface area contributed by atoms with Gasteiger partial charge in [-0.25, -0.2) is 4.39 Å². The molecule has 3 atom stereocenters. The van der Waals surface area contributed by atoms with Gasteiger partial charge in [0.2, 0.25) is 5.91 Å². The molecule has 2 aromatic rings. The molecule has 2 saturated heterocycles. The summed E-state index contributed by atoms with van der Waals surface area (Å²) in [6.07, 6.45) is 1.91. The molecule has 0 aromatic heterocycles. The van der Waals surface area contributed by atoms with Crippen LogP contribution in [0.3, 0.4) is 0 Å². The van der Waals surface area contributed by atoms with E-state index >= 15 is 0 Å². The molecule has 2 aromatic carbocycles. The van der Waals surface area contributed by atoms with Crippen LogP contribution in [-0.2, 0) is 11.3 Å². The SMILES string of the molecule is N[C@@H]1CN(C(=O)C2CCCN(Cc3cccc(F)c3)C2)C[C@H]1c1ccccc1. The van der Waals surface area contributed by atoms with Crippen LogP contribution in [0.25, 0.3) is 0 Å². The van der Waals surface area contributed by atoms with Crippen molar-refractivity contribution in [3.8, 4) is 0 Å². The highest BCUT2D eigenvalue weighted by Gasteiger charge is 2.37. The number of halogens is 1. The van der Waals surface area contributed by atoms with E-state index in [1.165, 1.54) is 11.6 Å². The van der Waals surface area contributed by atoms with Gasteiger partial charge in [0, 0.05) is 38.1 Å².